The SMILES string of the molecule is Cc1ccc(CC(=O)Nc2ccc(N3CCC(C)CC3)nn2)cc1. The van der Waals surface area contributed by atoms with Gasteiger partial charge < -0.3 is 10.2 Å². The molecule has 0 spiro atoms. The van der Waals surface area contributed by atoms with Crippen molar-refractivity contribution in [2.75, 3.05) is 23.3 Å². The lowest BCUT2D eigenvalue weighted by molar-refractivity contribution is -0.115. The van der Waals surface area contributed by atoms with E-state index >= 15 is 0 Å². The van der Waals surface area contributed by atoms with Crippen molar-refractivity contribution in [1.82, 2.24) is 10.2 Å². The third-order valence-corrected chi connectivity index (χ3v) is 4.51. The average molecular weight is 324 g/mol. The van der Waals surface area contributed by atoms with Crippen molar-refractivity contribution in [3.8, 4) is 0 Å². The molecule has 3 rings (SSSR count). The van der Waals surface area contributed by atoms with E-state index in [0.29, 0.717) is 12.2 Å². The zero-order valence-electron chi connectivity index (χ0n) is 14.3. The number of carbonyl (C=O) groups excluding carboxylic acids is 1. The van der Waals surface area contributed by atoms with Gasteiger partial charge in [0.25, 0.3) is 0 Å². The Hall–Kier alpha value is -2.43. The molecule has 2 heterocycles. The van der Waals surface area contributed by atoms with Crippen molar-refractivity contribution in [2.45, 2.75) is 33.1 Å². The smallest absolute Gasteiger partial charge is 0.229 e. The fraction of sp³-hybridized carbons (Fsp3) is 0.421. The molecule has 1 amide bonds. The highest BCUT2D eigenvalue weighted by atomic mass is 16.1. The molecule has 1 aliphatic rings. The number of benzene rings is 1. The van der Waals surface area contributed by atoms with Crippen LogP contribution in [0.2, 0.25) is 0 Å². The van der Waals surface area contributed by atoms with Crippen LogP contribution in [0.1, 0.15) is 30.9 Å². The third-order valence-electron chi connectivity index (χ3n) is 4.51. The molecule has 1 aromatic heterocycles. The topological polar surface area (TPSA) is 58.1 Å². The molecule has 1 fully saturated rings. The predicted molar refractivity (Wildman–Crippen MR) is 96.2 cm³/mol. The second-order valence-electron chi connectivity index (χ2n) is 6.66. The lowest BCUT2D eigenvalue weighted by Gasteiger charge is -2.30. The molecule has 126 valence electrons. The minimum absolute atomic E-state index is 0.0762. The Labute approximate surface area is 143 Å². The molecule has 0 atom stereocenters. The van der Waals surface area contributed by atoms with Crippen LogP contribution in [0.3, 0.4) is 0 Å². The maximum Gasteiger partial charge on any atom is 0.229 e. The van der Waals surface area contributed by atoms with Crippen LogP contribution in [-0.4, -0.2) is 29.2 Å². The molecule has 0 radical (unpaired) electrons. The molecule has 0 bridgehead atoms. The summed E-state index contributed by atoms with van der Waals surface area (Å²) in [4.78, 5) is 14.4. The van der Waals surface area contributed by atoms with Crippen LogP contribution in [0.4, 0.5) is 11.6 Å². The number of amides is 1. The molecule has 1 aromatic carbocycles. The Morgan fingerprint density at radius 2 is 1.83 bits per heavy atom. The first kappa shape index (κ1) is 16.4. The molecular weight excluding hydrogens is 300 g/mol. The zero-order chi connectivity index (χ0) is 16.9. The first-order chi connectivity index (χ1) is 11.6. The maximum atomic E-state index is 12.1. The predicted octanol–water partition coefficient (Wildman–Crippen LogP) is 3.20. The summed E-state index contributed by atoms with van der Waals surface area (Å²) in [6.45, 7) is 6.36. The summed E-state index contributed by atoms with van der Waals surface area (Å²) in [7, 11) is 0. The summed E-state index contributed by atoms with van der Waals surface area (Å²) in [5.41, 5.74) is 2.18. The van der Waals surface area contributed by atoms with E-state index in [2.05, 4.69) is 27.3 Å². The monoisotopic (exact) mass is 324 g/mol. The van der Waals surface area contributed by atoms with Gasteiger partial charge in [0.15, 0.2) is 11.6 Å². The minimum atomic E-state index is -0.0762. The van der Waals surface area contributed by atoms with Gasteiger partial charge in [-0.2, -0.15) is 0 Å². The number of carbonyl (C=O) groups is 1. The average Bonchev–Trinajstić information content (AvgIpc) is 2.58. The second-order valence-corrected chi connectivity index (χ2v) is 6.66. The number of aromatic nitrogens is 2. The molecule has 0 unspecified atom stereocenters. The third kappa shape index (κ3) is 4.31. The van der Waals surface area contributed by atoms with Crippen LogP contribution >= 0.6 is 0 Å². The molecule has 5 nitrogen and oxygen atoms in total. The van der Waals surface area contributed by atoms with E-state index in [-0.39, 0.29) is 5.91 Å². The van der Waals surface area contributed by atoms with Gasteiger partial charge in [-0.3, -0.25) is 4.79 Å². The lowest BCUT2D eigenvalue weighted by Crippen LogP contribution is -2.33. The van der Waals surface area contributed by atoms with Gasteiger partial charge in [0.2, 0.25) is 5.91 Å². The minimum Gasteiger partial charge on any atom is -0.355 e. The van der Waals surface area contributed by atoms with Crippen LogP contribution in [-0.2, 0) is 11.2 Å². The number of anilines is 2. The summed E-state index contributed by atoms with van der Waals surface area (Å²) in [5, 5.41) is 11.2. The number of aryl methyl sites for hydroxylation is 1. The maximum absolute atomic E-state index is 12.1. The van der Waals surface area contributed by atoms with Crippen molar-refractivity contribution in [2.24, 2.45) is 5.92 Å². The summed E-state index contributed by atoms with van der Waals surface area (Å²) in [6.07, 6.45) is 2.72. The van der Waals surface area contributed by atoms with E-state index in [9.17, 15) is 4.79 Å². The highest BCUT2D eigenvalue weighted by Crippen LogP contribution is 2.21. The summed E-state index contributed by atoms with van der Waals surface area (Å²) in [5.74, 6) is 2.10. The van der Waals surface area contributed by atoms with Crippen LogP contribution in [0.25, 0.3) is 0 Å². The number of hydrogen-bond acceptors (Lipinski definition) is 4. The second kappa shape index (κ2) is 7.43. The molecule has 1 N–H and O–H groups in total. The number of nitrogens with zero attached hydrogens (tertiary/aromatic N) is 3. The van der Waals surface area contributed by atoms with Crippen molar-refractivity contribution in [3.63, 3.8) is 0 Å². The molecule has 5 heteroatoms. The fourth-order valence-corrected chi connectivity index (χ4v) is 2.88. The largest absolute Gasteiger partial charge is 0.355 e. The summed E-state index contributed by atoms with van der Waals surface area (Å²) < 4.78 is 0. The highest BCUT2D eigenvalue weighted by Gasteiger charge is 2.17. The van der Waals surface area contributed by atoms with Crippen molar-refractivity contribution in [1.29, 1.82) is 0 Å². The van der Waals surface area contributed by atoms with Crippen LogP contribution in [0.5, 0.6) is 0 Å². The van der Waals surface area contributed by atoms with Gasteiger partial charge in [0.05, 0.1) is 6.42 Å². The highest BCUT2D eigenvalue weighted by molar-refractivity contribution is 5.91. The van der Waals surface area contributed by atoms with Crippen LogP contribution in [0, 0.1) is 12.8 Å². The first-order valence-corrected chi connectivity index (χ1v) is 8.54. The molecule has 24 heavy (non-hydrogen) atoms. The van der Waals surface area contributed by atoms with Gasteiger partial charge >= 0.3 is 0 Å². The van der Waals surface area contributed by atoms with Crippen LogP contribution < -0.4 is 10.2 Å². The van der Waals surface area contributed by atoms with Crippen molar-refractivity contribution >= 4 is 17.5 Å². The Morgan fingerprint density at radius 3 is 2.46 bits per heavy atom. The van der Waals surface area contributed by atoms with Crippen molar-refractivity contribution < 1.29 is 4.79 Å². The van der Waals surface area contributed by atoms with Gasteiger partial charge in [-0.05, 0) is 43.4 Å². The van der Waals surface area contributed by atoms with E-state index < -0.39 is 0 Å². The lowest BCUT2D eigenvalue weighted by atomic mass is 9.99. The van der Waals surface area contributed by atoms with E-state index in [1.54, 1.807) is 0 Å². The summed E-state index contributed by atoms with van der Waals surface area (Å²) in [6, 6.07) is 11.7. The number of nitrogens with one attached hydrogen (secondary N) is 1. The molecular formula is C19H24N4O. The van der Waals surface area contributed by atoms with E-state index in [1.807, 2.05) is 43.3 Å². The molecule has 1 saturated heterocycles. The molecule has 0 aliphatic carbocycles. The van der Waals surface area contributed by atoms with Crippen molar-refractivity contribution in [3.05, 3.63) is 47.5 Å². The Balaban J connectivity index is 1.55. The zero-order valence-corrected chi connectivity index (χ0v) is 14.3. The van der Waals surface area contributed by atoms with Gasteiger partial charge in [-0.25, -0.2) is 0 Å². The Kier molecular flexibility index (Phi) is 5.08. The van der Waals surface area contributed by atoms with Crippen LogP contribution in [0.15, 0.2) is 36.4 Å². The van der Waals surface area contributed by atoms with Gasteiger partial charge in [-0.1, -0.05) is 36.8 Å². The Morgan fingerprint density at radius 1 is 1.12 bits per heavy atom. The van der Waals surface area contributed by atoms with Gasteiger partial charge in [-0.15, -0.1) is 10.2 Å². The molecule has 1 aliphatic heterocycles. The normalized spacial score (nSPS) is 15.3. The molecule has 2 aromatic rings. The number of hydrogen-bond donors (Lipinski definition) is 1. The quantitative estimate of drug-likeness (QED) is 0.938. The van der Waals surface area contributed by atoms with Gasteiger partial charge in [0, 0.05) is 13.1 Å². The fourth-order valence-electron chi connectivity index (χ4n) is 2.88. The van der Waals surface area contributed by atoms with E-state index in [0.717, 1.165) is 30.4 Å². The van der Waals surface area contributed by atoms with Gasteiger partial charge in [0.1, 0.15) is 0 Å². The number of rotatable bonds is 4. The summed E-state index contributed by atoms with van der Waals surface area (Å²) >= 11 is 0. The number of piperidine rings is 1. The Bertz CT molecular complexity index is 674. The molecule has 0 saturated carbocycles. The van der Waals surface area contributed by atoms with E-state index in [1.165, 1.54) is 18.4 Å². The first-order valence-electron chi connectivity index (χ1n) is 8.54. The van der Waals surface area contributed by atoms with E-state index in [4.69, 9.17) is 0 Å². The standard InChI is InChI=1S/C19H24N4O/c1-14-3-5-16(6-4-14)13-19(24)20-17-7-8-18(22-21-17)23-11-9-15(2)10-12-23/h3-8,15H,9-13H2,1-2H3,(H,20,21,24).